The SMILES string of the molecule is O=C(N[C@@H](NC(=S)Nc1ccc(F)cc1)C(Cl)(Cl)Cl)c1cccc(Br)c1. The van der Waals surface area contributed by atoms with Gasteiger partial charge >= 0.3 is 0 Å². The van der Waals surface area contributed by atoms with E-state index in [2.05, 4.69) is 31.9 Å². The number of hydrogen-bond donors (Lipinski definition) is 3. The van der Waals surface area contributed by atoms with E-state index in [1.165, 1.54) is 24.3 Å². The highest BCUT2D eigenvalue weighted by Crippen LogP contribution is 2.29. The quantitative estimate of drug-likeness (QED) is 0.315. The molecule has 0 aliphatic rings. The van der Waals surface area contributed by atoms with Gasteiger partial charge in [-0.05, 0) is 54.7 Å². The first-order valence-corrected chi connectivity index (χ1v) is 9.45. The van der Waals surface area contributed by atoms with E-state index in [0.717, 1.165) is 4.47 Å². The Bertz CT molecular complexity index is 802. The van der Waals surface area contributed by atoms with Crippen molar-refractivity contribution in [3.8, 4) is 0 Å². The number of anilines is 1. The maximum Gasteiger partial charge on any atom is 0.253 e. The molecule has 0 heterocycles. The van der Waals surface area contributed by atoms with Gasteiger partial charge in [-0.2, -0.15) is 0 Å². The second-order valence-corrected chi connectivity index (χ2v) is 8.76. The van der Waals surface area contributed by atoms with Crippen molar-refractivity contribution >= 4 is 79.7 Å². The number of rotatable bonds is 4. The maximum absolute atomic E-state index is 12.9. The lowest BCUT2D eigenvalue weighted by Crippen LogP contribution is -2.56. The number of carbonyl (C=O) groups excluding carboxylic acids is 1. The van der Waals surface area contributed by atoms with Gasteiger partial charge in [0.05, 0.1) is 0 Å². The fraction of sp³-hybridized carbons (Fsp3) is 0.125. The summed E-state index contributed by atoms with van der Waals surface area (Å²) in [4.78, 5) is 12.4. The Morgan fingerprint density at radius 3 is 2.35 bits per heavy atom. The van der Waals surface area contributed by atoms with Crippen LogP contribution >= 0.6 is 63.0 Å². The summed E-state index contributed by atoms with van der Waals surface area (Å²) in [6.45, 7) is 0. The van der Waals surface area contributed by atoms with Crippen LogP contribution in [0.25, 0.3) is 0 Å². The lowest BCUT2D eigenvalue weighted by atomic mass is 10.2. The Hall–Kier alpha value is -1.12. The van der Waals surface area contributed by atoms with Crippen LogP contribution in [0, 0.1) is 5.82 Å². The van der Waals surface area contributed by atoms with Crippen molar-refractivity contribution in [3.05, 3.63) is 64.4 Å². The summed E-state index contributed by atoms with van der Waals surface area (Å²) in [5.74, 6) is -0.838. The van der Waals surface area contributed by atoms with Gasteiger partial charge < -0.3 is 16.0 Å². The monoisotopic (exact) mass is 497 g/mol. The highest BCUT2D eigenvalue weighted by Gasteiger charge is 2.34. The Balaban J connectivity index is 2.06. The maximum atomic E-state index is 12.9. The summed E-state index contributed by atoms with van der Waals surface area (Å²) in [6.07, 6.45) is -1.11. The molecule has 1 atom stereocenters. The van der Waals surface area contributed by atoms with Crippen LogP contribution in [0.5, 0.6) is 0 Å². The van der Waals surface area contributed by atoms with E-state index < -0.39 is 15.9 Å². The molecule has 0 spiro atoms. The largest absolute Gasteiger partial charge is 0.339 e. The van der Waals surface area contributed by atoms with Crippen LogP contribution in [0.3, 0.4) is 0 Å². The van der Waals surface area contributed by atoms with E-state index in [1.54, 1.807) is 24.3 Å². The zero-order valence-corrected chi connectivity index (χ0v) is 17.6. The third-order valence-corrected chi connectivity index (χ3v) is 4.43. The van der Waals surface area contributed by atoms with Crippen LogP contribution < -0.4 is 16.0 Å². The Morgan fingerprint density at radius 1 is 1.12 bits per heavy atom. The normalized spacial score (nSPS) is 12.2. The van der Waals surface area contributed by atoms with E-state index in [1.807, 2.05) is 0 Å². The van der Waals surface area contributed by atoms with Gasteiger partial charge in [-0.25, -0.2) is 4.39 Å². The molecule has 0 fully saturated rings. The molecule has 0 radical (unpaired) electrons. The molecule has 10 heteroatoms. The van der Waals surface area contributed by atoms with Crippen molar-refractivity contribution in [2.24, 2.45) is 0 Å². The minimum absolute atomic E-state index is 0.0856. The second kappa shape index (κ2) is 9.19. The number of thiocarbonyl (C=S) groups is 1. The molecule has 26 heavy (non-hydrogen) atoms. The summed E-state index contributed by atoms with van der Waals surface area (Å²) in [7, 11) is 0. The smallest absolute Gasteiger partial charge is 0.253 e. The van der Waals surface area contributed by atoms with Crippen molar-refractivity contribution < 1.29 is 9.18 Å². The molecule has 0 aliphatic carbocycles. The zero-order chi connectivity index (χ0) is 19.3. The van der Waals surface area contributed by atoms with Gasteiger partial charge in [-0.3, -0.25) is 4.79 Å². The molecule has 3 N–H and O–H groups in total. The number of hydrogen-bond acceptors (Lipinski definition) is 2. The van der Waals surface area contributed by atoms with E-state index in [9.17, 15) is 9.18 Å². The summed E-state index contributed by atoms with van der Waals surface area (Å²) >= 11 is 26.3. The molecule has 138 valence electrons. The van der Waals surface area contributed by atoms with Crippen LogP contribution in [0.4, 0.5) is 10.1 Å². The number of carbonyl (C=O) groups is 1. The van der Waals surface area contributed by atoms with E-state index >= 15 is 0 Å². The van der Waals surface area contributed by atoms with E-state index in [0.29, 0.717) is 11.3 Å². The first kappa shape index (κ1) is 21.2. The minimum atomic E-state index is -1.88. The van der Waals surface area contributed by atoms with Crippen LogP contribution in [0.1, 0.15) is 10.4 Å². The predicted molar refractivity (Wildman–Crippen MR) is 111 cm³/mol. The number of nitrogens with one attached hydrogen (secondary N) is 3. The molecule has 0 unspecified atom stereocenters. The van der Waals surface area contributed by atoms with Gasteiger partial charge in [0, 0.05) is 15.7 Å². The summed E-state index contributed by atoms with van der Waals surface area (Å²) in [5, 5.41) is 8.19. The van der Waals surface area contributed by atoms with Crippen molar-refractivity contribution in [2.75, 3.05) is 5.32 Å². The number of benzene rings is 2. The van der Waals surface area contributed by atoms with Gasteiger partial charge in [0.2, 0.25) is 3.79 Å². The standard InChI is InChI=1S/C16H12BrCl3FN3OS/c17-10-3-1-2-9(8-10)13(25)23-14(16(18,19)20)24-15(26)22-12-6-4-11(21)5-7-12/h1-8,14H,(H,23,25)(H2,22,24,26)/t14-/m0/s1. The summed E-state index contributed by atoms with van der Waals surface area (Å²) < 4.78 is 11.8. The van der Waals surface area contributed by atoms with Crippen LogP contribution in [0.15, 0.2) is 53.0 Å². The second-order valence-electron chi connectivity index (χ2n) is 5.06. The molecule has 2 aromatic carbocycles. The average Bonchev–Trinajstić information content (AvgIpc) is 2.55. The molecule has 0 saturated carbocycles. The van der Waals surface area contributed by atoms with Crippen molar-refractivity contribution in [3.63, 3.8) is 0 Å². The highest BCUT2D eigenvalue weighted by molar-refractivity contribution is 9.10. The molecule has 2 rings (SSSR count). The van der Waals surface area contributed by atoms with E-state index in [-0.39, 0.29) is 10.9 Å². The van der Waals surface area contributed by atoms with Gasteiger partial charge in [0.15, 0.2) is 5.11 Å². The molecular weight excluding hydrogens is 488 g/mol. The zero-order valence-electron chi connectivity index (χ0n) is 12.9. The van der Waals surface area contributed by atoms with Crippen molar-refractivity contribution in [2.45, 2.75) is 9.96 Å². The Labute approximate surface area is 178 Å². The van der Waals surface area contributed by atoms with E-state index in [4.69, 9.17) is 47.0 Å². The fourth-order valence-corrected chi connectivity index (χ4v) is 2.84. The van der Waals surface area contributed by atoms with Crippen LogP contribution in [-0.2, 0) is 0 Å². The topological polar surface area (TPSA) is 53.2 Å². The third-order valence-electron chi connectivity index (χ3n) is 3.07. The Kier molecular flexibility index (Phi) is 7.49. The molecule has 0 aromatic heterocycles. The highest BCUT2D eigenvalue weighted by atomic mass is 79.9. The summed E-state index contributed by atoms with van der Waals surface area (Å²) in [5.41, 5.74) is 0.906. The van der Waals surface area contributed by atoms with Crippen molar-refractivity contribution in [1.29, 1.82) is 0 Å². The van der Waals surface area contributed by atoms with Gasteiger partial charge in [-0.15, -0.1) is 0 Å². The van der Waals surface area contributed by atoms with Gasteiger partial charge in [-0.1, -0.05) is 56.8 Å². The molecule has 0 aliphatic heterocycles. The fourth-order valence-electron chi connectivity index (χ4n) is 1.88. The molecular formula is C16H12BrCl3FN3OS. The summed E-state index contributed by atoms with van der Waals surface area (Å²) in [6, 6.07) is 12.3. The Morgan fingerprint density at radius 2 is 1.77 bits per heavy atom. The van der Waals surface area contributed by atoms with Gasteiger partial charge in [0.25, 0.3) is 5.91 Å². The predicted octanol–water partition coefficient (Wildman–Crippen LogP) is 5.00. The van der Waals surface area contributed by atoms with Crippen LogP contribution in [-0.4, -0.2) is 21.0 Å². The van der Waals surface area contributed by atoms with Crippen molar-refractivity contribution in [1.82, 2.24) is 10.6 Å². The number of halogens is 5. The third kappa shape index (κ3) is 6.55. The first-order chi connectivity index (χ1) is 12.1. The molecule has 2 aromatic rings. The van der Waals surface area contributed by atoms with Gasteiger partial charge in [0.1, 0.15) is 12.0 Å². The number of alkyl halides is 3. The average molecular weight is 500 g/mol. The molecule has 4 nitrogen and oxygen atoms in total. The molecule has 0 saturated heterocycles. The first-order valence-electron chi connectivity index (χ1n) is 7.11. The lowest BCUT2D eigenvalue weighted by Gasteiger charge is -2.27. The minimum Gasteiger partial charge on any atom is -0.339 e. The molecule has 1 amide bonds. The number of amides is 1. The van der Waals surface area contributed by atoms with Crippen LogP contribution in [0.2, 0.25) is 0 Å². The lowest BCUT2D eigenvalue weighted by molar-refractivity contribution is 0.0934. The molecule has 0 bridgehead atoms.